The van der Waals surface area contributed by atoms with Crippen LogP contribution in [0.25, 0.3) is 22.3 Å². The monoisotopic (exact) mass is 678 g/mol. The number of hydrogen-bond acceptors (Lipinski definition) is 6. The Morgan fingerprint density at radius 1 is 0.417 bits per heavy atom. The molecule has 0 aromatic heterocycles. The first-order chi connectivity index (χ1) is 23.2. The van der Waals surface area contributed by atoms with E-state index in [1.54, 1.807) is 84.9 Å². The Labute approximate surface area is 279 Å². The van der Waals surface area contributed by atoms with E-state index in [1.807, 2.05) is 60.7 Å². The quantitative estimate of drug-likeness (QED) is 0.123. The summed E-state index contributed by atoms with van der Waals surface area (Å²) >= 11 is 0. The van der Waals surface area contributed by atoms with Crippen LogP contribution in [0, 0.1) is 0 Å². The number of para-hydroxylation sites is 2. The molecule has 0 heterocycles. The number of phosphoric acid groups is 2. The summed E-state index contributed by atoms with van der Waals surface area (Å²) in [6.45, 7) is 2.14. The fourth-order valence-corrected chi connectivity index (χ4v) is 6.99. The Hall–Kier alpha value is -5.10. The van der Waals surface area contributed by atoms with Crippen LogP contribution in [-0.4, -0.2) is 9.79 Å². The molecule has 0 saturated heterocycles. The second kappa shape index (κ2) is 14.3. The van der Waals surface area contributed by atoms with Gasteiger partial charge >= 0.3 is 15.6 Å². The molecule has 48 heavy (non-hydrogen) atoms. The summed E-state index contributed by atoms with van der Waals surface area (Å²) in [6, 6.07) is 46.8. The minimum atomic E-state index is -4.39. The summed E-state index contributed by atoms with van der Waals surface area (Å²) < 4.78 is 46.1. The lowest BCUT2D eigenvalue weighted by Gasteiger charge is -2.21. The molecule has 2 unspecified atom stereocenters. The first-order valence-electron chi connectivity index (χ1n) is 15.1. The van der Waals surface area contributed by atoms with Crippen molar-refractivity contribution in [3.05, 3.63) is 169 Å². The first kappa shape index (κ1) is 32.8. The summed E-state index contributed by atoms with van der Waals surface area (Å²) in [5, 5.41) is 0. The smallest absolute Gasteiger partial charge is 0.395 e. The number of benzene rings is 6. The van der Waals surface area contributed by atoms with Gasteiger partial charge < -0.3 is 18.1 Å². The van der Waals surface area contributed by atoms with E-state index in [1.165, 1.54) is 0 Å². The molecule has 0 fully saturated rings. The lowest BCUT2D eigenvalue weighted by molar-refractivity contribution is 0.289. The third-order valence-corrected chi connectivity index (χ3v) is 9.32. The SMILES string of the molecule is CC(c1ccccc1-c1ccc(OP(=O)(O)Oc2ccccc2)cc1)c1ccccc1-c1ccc(OP(=O)(O)Oc2ccccc2)cc1. The molecule has 6 rings (SSSR count). The predicted octanol–water partition coefficient (Wildman–Crippen LogP) is 10.3. The van der Waals surface area contributed by atoms with Crippen LogP contribution in [0.5, 0.6) is 23.0 Å². The zero-order chi connectivity index (χ0) is 33.6. The van der Waals surface area contributed by atoms with Gasteiger partial charge in [-0.2, -0.15) is 0 Å². The average molecular weight is 679 g/mol. The molecule has 8 nitrogen and oxygen atoms in total. The maximum Gasteiger partial charge on any atom is 0.584 e. The fourth-order valence-electron chi connectivity index (χ4n) is 5.37. The number of hydrogen-bond donors (Lipinski definition) is 2. The Bertz CT molecular complexity index is 1920. The van der Waals surface area contributed by atoms with E-state index in [-0.39, 0.29) is 28.9 Å². The molecule has 6 aromatic carbocycles. The van der Waals surface area contributed by atoms with Crippen molar-refractivity contribution in [2.45, 2.75) is 12.8 Å². The molecular weight excluding hydrogens is 646 g/mol. The van der Waals surface area contributed by atoms with Crippen LogP contribution in [0.15, 0.2) is 158 Å². The Balaban J connectivity index is 1.20. The maximum absolute atomic E-state index is 12.6. The van der Waals surface area contributed by atoms with Gasteiger partial charge in [-0.15, -0.1) is 0 Å². The molecule has 0 spiro atoms. The van der Waals surface area contributed by atoms with Gasteiger partial charge in [-0.3, -0.25) is 9.79 Å². The molecule has 0 aliphatic heterocycles. The molecule has 10 heteroatoms. The van der Waals surface area contributed by atoms with Crippen LogP contribution in [0.2, 0.25) is 0 Å². The van der Waals surface area contributed by atoms with Gasteiger partial charge in [0.1, 0.15) is 23.0 Å². The lowest BCUT2D eigenvalue weighted by atomic mass is 9.83. The lowest BCUT2D eigenvalue weighted by Crippen LogP contribution is -2.02. The molecule has 0 amide bonds. The highest BCUT2D eigenvalue weighted by molar-refractivity contribution is 7.48. The zero-order valence-electron chi connectivity index (χ0n) is 25.8. The van der Waals surface area contributed by atoms with E-state index >= 15 is 0 Å². The molecule has 242 valence electrons. The van der Waals surface area contributed by atoms with Gasteiger partial charge in [-0.25, -0.2) is 9.13 Å². The van der Waals surface area contributed by atoms with Crippen LogP contribution >= 0.6 is 15.6 Å². The highest BCUT2D eigenvalue weighted by Crippen LogP contribution is 2.46. The van der Waals surface area contributed by atoms with Crippen LogP contribution < -0.4 is 18.1 Å². The van der Waals surface area contributed by atoms with Gasteiger partial charge in [-0.1, -0.05) is 116 Å². The standard InChI is InChI=1S/C38H32O8P2/c1-28(35-16-8-10-18-37(35)29-20-24-33(25-21-29)45-47(39,40)43-31-12-4-2-5-13-31)36-17-9-11-19-38(36)30-22-26-34(27-23-30)46-48(41,42)44-32-14-6-3-7-15-32/h2-28H,1H3,(H,39,40)(H,41,42). The Kier molecular flexibility index (Phi) is 9.81. The van der Waals surface area contributed by atoms with E-state index in [0.29, 0.717) is 0 Å². The van der Waals surface area contributed by atoms with E-state index in [9.17, 15) is 18.9 Å². The van der Waals surface area contributed by atoms with Crippen molar-refractivity contribution in [2.75, 3.05) is 0 Å². The first-order valence-corrected chi connectivity index (χ1v) is 18.1. The van der Waals surface area contributed by atoms with Crippen molar-refractivity contribution >= 4 is 15.6 Å². The molecule has 0 saturated carbocycles. The van der Waals surface area contributed by atoms with Gasteiger partial charge in [0.05, 0.1) is 0 Å². The van der Waals surface area contributed by atoms with Gasteiger partial charge in [0.2, 0.25) is 0 Å². The van der Waals surface area contributed by atoms with Crippen LogP contribution in [0.3, 0.4) is 0 Å². The second-order valence-corrected chi connectivity index (χ2v) is 13.5. The molecule has 2 N–H and O–H groups in total. The van der Waals surface area contributed by atoms with E-state index in [0.717, 1.165) is 33.4 Å². The zero-order valence-corrected chi connectivity index (χ0v) is 27.6. The van der Waals surface area contributed by atoms with Crippen molar-refractivity contribution in [1.82, 2.24) is 0 Å². The second-order valence-electron chi connectivity index (χ2n) is 10.9. The van der Waals surface area contributed by atoms with Crippen molar-refractivity contribution in [2.24, 2.45) is 0 Å². The molecule has 0 bridgehead atoms. The number of phosphoric ester groups is 2. The van der Waals surface area contributed by atoms with E-state index < -0.39 is 15.6 Å². The number of rotatable bonds is 12. The topological polar surface area (TPSA) is 112 Å². The molecule has 6 aromatic rings. The van der Waals surface area contributed by atoms with E-state index in [2.05, 4.69) is 19.1 Å². The molecular formula is C38H32O8P2. The van der Waals surface area contributed by atoms with Gasteiger partial charge in [-0.05, 0) is 81.9 Å². The molecule has 2 atom stereocenters. The van der Waals surface area contributed by atoms with Crippen molar-refractivity contribution < 1.29 is 37.0 Å². The van der Waals surface area contributed by atoms with Crippen LogP contribution in [-0.2, 0) is 9.13 Å². The predicted molar refractivity (Wildman–Crippen MR) is 186 cm³/mol. The fraction of sp³-hybridized carbons (Fsp3) is 0.0526. The highest BCUT2D eigenvalue weighted by Gasteiger charge is 2.26. The molecule has 0 aliphatic rings. The summed E-state index contributed by atoms with van der Waals surface area (Å²) in [7, 11) is -8.78. The van der Waals surface area contributed by atoms with Crippen molar-refractivity contribution in [1.29, 1.82) is 0 Å². The summed E-state index contributed by atoms with van der Waals surface area (Å²) in [6.07, 6.45) is 0. The summed E-state index contributed by atoms with van der Waals surface area (Å²) in [5.41, 5.74) is 5.98. The molecule has 0 radical (unpaired) electrons. The van der Waals surface area contributed by atoms with Crippen molar-refractivity contribution in [3.63, 3.8) is 0 Å². The third-order valence-electron chi connectivity index (χ3n) is 7.55. The van der Waals surface area contributed by atoms with E-state index in [4.69, 9.17) is 18.1 Å². The summed E-state index contributed by atoms with van der Waals surface area (Å²) in [4.78, 5) is 20.5. The minimum Gasteiger partial charge on any atom is -0.395 e. The maximum atomic E-state index is 12.6. The Morgan fingerprint density at radius 2 is 0.708 bits per heavy atom. The molecule has 0 aliphatic carbocycles. The highest BCUT2D eigenvalue weighted by atomic mass is 31.2. The van der Waals surface area contributed by atoms with Gasteiger partial charge in [0, 0.05) is 5.92 Å². The van der Waals surface area contributed by atoms with Crippen molar-refractivity contribution in [3.8, 4) is 45.3 Å². The average Bonchev–Trinajstić information content (AvgIpc) is 3.09. The van der Waals surface area contributed by atoms with Gasteiger partial charge in [0.15, 0.2) is 0 Å². The third kappa shape index (κ3) is 8.24. The minimum absolute atomic E-state index is 0.0295. The van der Waals surface area contributed by atoms with Crippen LogP contribution in [0.1, 0.15) is 24.0 Å². The Morgan fingerprint density at radius 3 is 1.06 bits per heavy atom. The normalized spacial score (nSPS) is 14.1. The summed E-state index contributed by atoms with van der Waals surface area (Å²) in [5.74, 6) is 0.841. The van der Waals surface area contributed by atoms with Crippen LogP contribution in [0.4, 0.5) is 0 Å². The largest absolute Gasteiger partial charge is 0.584 e. The van der Waals surface area contributed by atoms with Gasteiger partial charge in [0.25, 0.3) is 0 Å².